The summed E-state index contributed by atoms with van der Waals surface area (Å²) in [5.74, 6) is 0.404. The number of esters is 1. The molecule has 1 rings (SSSR count). The summed E-state index contributed by atoms with van der Waals surface area (Å²) in [6, 6.07) is 2.67. The maximum Gasteiger partial charge on any atom is 0.308 e. The van der Waals surface area contributed by atoms with Crippen LogP contribution in [0.4, 0.5) is 0 Å². The molecule has 0 aliphatic rings. The molecule has 0 saturated heterocycles. The van der Waals surface area contributed by atoms with E-state index in [4.69, 9.17) is 14.2 Å². The van der Waals surface area contributed by atoms with Gasteiger partial charge in [-0.3, -0.25) is 14.9 Å². The summed E-state index contributed by atoms with van der Waals surface area (Å²) in [6.07, 6.45) is 3.74. The average molecular weight is 309 g/mol. The molecule has 1 aromatic carbocycles. The number of benzene rings is 1. The van der Waals surface area contributed by atoms with E-state index in [-0.39, 0.29) is 10.7 Å². The zero-order valence-electron chi connectivity index (χ0n) is 13.0. The second-order valence-corrected chi connectivity index (χ2v) is 4.62. The molecule has 0 N–H and O–H groups in total. The molecule has 1 atom stereocenters. The third kappa shape index (κ3) is 4.76. The van der Waals surface area contributed by atoms with Gasteiger partial charge < -0.3 is 14.2 Å². The Bertz CT molecular complexity index is 556. The Morgan fingerprint density at radius 2 is 1.86 bits per heavy atom. The summed E-state index contributed by atoms with van der Waals surface area (Å²) >= 11 is 0. The normalized spacial score (nSPS) is 12.0. The van der Waals surface area contributed by atoms with E-state index in [1.165, 1.54) is 28.1 Å². The van der Waals surface area contributed by atoms with E-state index in [1.807, 2.05) is 0 Å². The topological polar surface area (TPSA) is 87.9 Å². The monoisotopic (exact) mass is 309 g/mol. The fraction of sp³-hybridized carbons (Fsp3) is 0.400. The van der Waals surface area contributed by atoms with Crippen LogP contribution in [0.25, 0.3) is 6.08 Å². The summed E-state index contributed by atoms with van der Waals surface area (Å²) in [6.45, 7) is 2.82. The Labute approximate surface area is 128 Å². The maximum atomic E-state index is 11.1. The first-order valence-corrected chi connectivity index (χ1v) is 6.63. The number of carbonyl (C=O) groups is 1. The molecule has 0 saturated carbocycles. The minimum Gasteiger partial charge on any atom is -0.493 e. The second-order valence-electron chi connectivity index (χ2n) is 4.62. The van der Waals surface area contributed by atoms with Crippen molar-refractivity contribution in [2.24, 2.45) is 0 Å². The fourth-order valence-corrected chi connectivity index (χ4v) is 1.73. The van der Waals surface area contributed by atoms with Crippen molar-refractivity contribution in [2.45, 2.75) is 26.3 Å². The smallest absolute Gasteiger partial charge is 0.308 e. The summed E-state index contributed by atoms with van der Waals surface area (Å²) in [4.78, 5) is 21.4. The van der Waals surface area contributed by atoms with Gasteiger partial charge in [-0.1, -0.05) is 12.2 Å². The molecule has 0 aromatic heterocycles. The van der Waals surface area contributed by atoms with Gasteiger partial charge in [0.05, 0.1) is 14.2 Å². The lowest BCUT2D eigenvalue weighted by atomic mass is 10.1. The number of carbonyl (C=O) groups excluding carboxylic acids is 1. The van der Waals surface area contributed by atoms with Crippen LogP contribution in [-0.4, -0.2) is 31.2 Å². The number of nitro groups is 1. The van der Waals surface area contributed by atoms with Gasteiger partial charge in [0.1, 0.15) is 0 Å². The molecule has 0 spiro atoms. The highest BCUT2D eigenvalue weighted by molar-refractivity contribution is 5.73. The molecule has 1 unspecified atom stereocenters. The van der Waals surface area contributed by atoms with Crippen LogP contribution >= 0.6 is 0 Å². The highest BCUT2D eigenvalue weighted by Gasteiger charge is 2.15. The van der Waals surface area contributed by atoms with Crippen molar-refractivity contribution in [1.29, 1.82) is 0 Å². The SMILES string of the molecule is COc1cc(/C=C/CC(C)[N+](=O)[O-])cc(OC)c1OC(C)=O. The Kier molecular flexibility index (Phi) is 6.37. The van der Waals surface area contributed by atoms with Crippen LogP contribution in [0.5, 0.6) is 17.2 Å². The van der Waals surface area contributed by atoms with Crippen LogP contribution in [0.1, 0.15) is 25.8 Å². The largest absolute Gasteiger partial charge is 0.493 e. The average Bonchev–Trinajstić information content (AvgIpc) is 2.47. The van der Waals surface area contributed by atoms with Gasteiger partial charge in [-0.05, 0) is 17.7 Å². The quantitative estimate of drug-likeness (QED) is 0.333. The minimum atomic E-state index is -0.652. The number of rotatable bonds is 7. The first kappa shape index (κ1) is 17.5. The zero-order valence-corrected chi connectivity index (χ0v) is 13.0. The molecule has 0 aliphatic heterocycles. The van der Waals surface area contributed by atoms with E-state index >= 15 is 0 Å². The molecule has 22 heavy (non-hydrogen) atoms. The third-order valence-corrected chi connectivity index (χ3v) is 2.88. The standard InChI is InChI=1S/C15H19NO6/c1-10(16(18)19)6-5-7-12-8-13(20-3)15(22-11(2)17)14(9-12)21-4/h5,7-10H,6H2,1-4H3/b7-5+. The van der Waals surface area contributed by atoms with E-state index < -0.39 is 12.0 Å². The van der Waals surface area contributed by atoms with Gasteiger partial charge in [-0.25, -0.2) is 0 Å². The second kappa shape index (κ2) is 8.02. The first-order valence-electron chi connectivity index (χ1n) is 6.63. The van der Waals surface area contributed by atoms with Crippen LogP contribution in [0.15, 0.2) is 18.2 Å². The van der Waals surface area contributed by atoms with E-state index in [0.29, 0.717) is 17.9 Å². The van der Waals surface area contributed by atoms with E-state index in [1.54, 1.807) is 24.3 Å². The highest BCUT2D eigenvalue weighted by atomic mass is 16.6. The molecule has 7 nitrogen and oxygen atoms in total. The molecule has 120 valence electrons. The molecule has 0 radical (unpaired) electrons. The lowest BCUT2D eigenvalue weighted by Gasteiger charge is -2.13. The van der Waals surface area contributed by atoms with Crippen molar-refractivity contribution in [3.63, 3.8) is 0 Å². The third-order valence-electron chi connectivity index (χ3n) is 2.88. The molecular formula is C15H19NO6. The lowest BCUT2D eigenvalue weighted by molar-refractivity contribution is -0.517. The Morgan fingerprint density at radius 1 is 1.32 bits per heavy atom. The van der Waals surface area contributed by atoms with Gasteiger partial charge in [0.15, 0.2) is 11.5 Å². The molecule has 0 aliphatic carbocycles. The van der Waals surface area contributed by atoms with Crippen molar-refractivity contribution in [2.75, 3.05) is 14.2 Å². The van der Waals surface area contributed by atoms with E-state index in [9.17, 15) is 14.9 Å². The number of methoxy groups -OCH3 is 2. The van der Waals surface area contributed by atoms with Gasteiger partial charge in [0.2, 0.25) is 11.8 Å². The minimum absolute atomic E-state index is 0.202. The summed E-state index contributed by atoms with van der Waals surface area (Å²) in [7, 11) is 2.90. The Hall–Kier alpha value is -2.57. The van der Waals surface area contributed by atoms with Gasteiger partial charge in [-0.15, -0.1) is 0 Å². The van der Waals surface area contributed by atoms with Gasteiger partial charge >= 0.3 is 5.97 Å². The number of hydrogen-bond acceptors (Lipinski definition) is 6. The lowest BCUT2D eigenvalue weighted by Crippen LogP contribution is -2.13. The maximum absolute atomic E-state index is 11.1. The molecule has 0 heterocycles. The summed E-state index contributed by atoms with van der Waals surface area (Å²) < 4.78 is 15.5. The molecule has 7 heteroatoms. The predicted molar refractivity (Wildman–Crippen MR) is 81.0 cm³/mol. The molecule has 1 aromatic rings. The van der Waals surface area contributed by atoms with Crippen molar-refractivity contribution in [3.8, 4) is 17.2 Å². The van der Waals surface area contributed by atoms with Crippen LogP contribution in [0, 0.1) is 10.1 Å². The van der Waals surface area contributed by atoms with Gasteiger partial charge in [0.25, 0.3) is 0 Å². The molecule has 0 bridgehead atoms. The van der Waals surface area contributed by atoms with Crippen molar-refractivity contribution in [1.82, 2.24) is 0 Å². The van der Waals surface area contributed by atoms with Crippen LogP contribution in [0.2, 0.25) is 0 Å². The van der Waals surface area contributed by atoms with Gasteiger partial charge in [0, 0.05) is 25.2 Å². The van der Waals surface area contributed by atoms with Crippen molar-refractivity contribution < 1.29 is 23.9 Å². The Morgan fingerprint density at radius 3 is 2.27 bits per heavy atom. The van der Waals surface area contributed by atoms with Crippen molar-refractivity contribution in [3.05, 3.63) is 33.9 Å². The number of ether oxygens (including phenoxy) is 3. The van der Waals surface area contributed by atoms with Crippen molar-refractivity contribution >= 4 is 12.0 Å². The molecule has 0 fully saturated rings. The number of hydrogen-bond donors (Lipinski definition) is 0. The van der Waals surface area contributed by atoms with Crippen LogP contribution in [-0.2, 0) is 4.79 Å². The predicted octanol–water partition coefficient (Wildman–Crippen LogP) is 2.70. The molecule has 0 amide bonds. The van der Waals surface area contributed by atoms with Gasteiger partial charge in [-0.2, -0.15) is 0 Å². The van der Waals surface area contributed by atoms with Crippen LogP contribution in [0.3, 0.4) is 0 Å². The highest BCUT2D eigenvalue weighted by Crippen LogP contribution is 2.39. The Balaban J connectivity index is 3.05. The zero-order chi connectivity index (χ0) is 16.7. The van der Waals surface area contributed by atoms with Crippen LogP contribution < -0.4 is 14.2 Å². The van der Waals surface area contributed by atoms with E-state index in [2.05, 4.69) is 0 Å². The van der Waals surface area contributed by atoms with E-state index in [0.717, 1.165) is 5.56 Å². The summed E-state index contributed by atoms with van der Waals surface area (Å²) in [5, 5.41) is 10.6. The molecular weight excluding hydrogens is 290 g/mol. The number of nitrogens with zero attached hydrogens (tertiary/aromatic N) is 1. The first-order chi connectivity index (χ1) is 10.4. The summed E-state index contributed by atoms with van der Waals surface area (Å²) in [5.41, 5.74) is 0.722. The fourth-order valence-electron chi connectivity index (χ4n) is 1.73.